The maximum absolute atomic E-state index is 12.8. The molecule has 1 atom stereocenters. The van der Waals surface area contributed by atoms with Gasteiger partial charge in [-0.15, -0.1) is 0 Å². The molecule has 8 nitrogen and oxygen atoms in total. The van der Waals surface area contributed by atoms with Crippen molar-refractivity contribution in [1.29, 1.82) is 0 Å². The molecule has 1 aromatic heterocycles. The summed E-state index contributed by atoms with van der Waals surface area (Å²) in [4.78, 5) is 22.2. The van der Waals surface area contributed by atoms with Crippen molar-refractivity contribution in [3.8, 4) is 11.5 Å². The molecule has 2 fully saturated rings. The molecule has 1 unspecified atom stereocenters. The Balaban J connectivity index is 0.974. The fourth-order valence-corrected chi connectivity index (χ4v) is 5.66. The Labute approximate surface area is 248 Å². The van der Waals surface area contributed by atoms with Crippen LogP contribution >= 0.6 is 11.6 Å². The van der Waals surface area contributed by atoms with Crippen LogP contribution in [0.3, 0.4) is 0 Å². The van der Waals surface area contributed by atoms with Gasteiger partial charge in [0.1, 0.15) is 5.76 Å². The first-order chi connectivity index (χ1) is 20.0. The third-order valence-electron chi connectivity index (χ3n) is 8.19. The minimum atomic E-state index is 0.0751. The molecule has 2 aromatic carbocycles. The molecule has 3 aromatic rings. The van der Waals surface area contributed by atoms with Gasteiger partial charge in [-0.1, -0.05) is 23.7 Å². The van der Waals surface area contributed by atoms with Gasteiger partial charge in [0.2, 0.25) is 11.8 Å². The van der Waals surface area contributed by atoms with Crippen LogP contribution in [0, 0.1) is 12.8 Å². The number of anilines is 1. The van der Waals surface area contributed by atoms with Crippen LogP contribution in [-0.2, 0) is 16.1 Å². The van der Waals surface area contributed by atoms with E-state index in [0.29, 0.717) is 17.5 Å². The topological polar surface area (TPSA) is 82.9 Å². The molecule has 2 saturated heterocycles. The maximum atomic E-state index is 12.8. The summed E-state index contributed by atoms with van der Waals surface area (Å²) in [6.45, 7) is 11.7. The number of aryl methyl sites for hydroxylation is 1. The predicted octanol–water partition coefficient (Wildman–Crippen LogP) is 5.21. The van der Waals surface area contributed by atoms with Gasteiger partial charge in [0, 0.05) is 54.4 Å². The molecule has 9 heteroatoms. The standard InChI is InChI=1S/C32H42ClN5O3/c1-23(25-6-10-29(11-7-25)38-18-20-40-21-19-38)34-14-3-15-35-31(39)26-12-16-37(17-13-26)22-30-24(2)41-32(36-30)27-4-8-28(33)9-5-27/h4-11,23,26,34H,3,12-22H2,1-2H3,(H,35,39). The SMILES string of the molecule is Cc1oc(-c2ccc(Cl)cc2)nc1CN1CCC(C(=O)NCCCNC(C)c2ccc(N3CCOCC3)cc2)CC1. The van der Waals surface area contributed by atoms with E-state index in [1.165, 1.54) is 11.3 Å². The molecule has 1 amide bonds. The van der Waals surface area contributed by atoms with Gasteiger partial charge in [-0.2, -0.15) is 0 Å². The lowest BCUT2D eigenvalue weighted by Crippen LogP contribution is -2.40. The van der Waals surface area contributed by atoms with E-state index in [-0.39, 0.29) is 17.9 Å². The van der Waals surface area contributed by atoms with Gasteiger partial charge >= 0.3 is 0 Å². The molecular formula is C32H42ClN5O3. The van der Waals surface area contributed by atoms with E-state index in [1.807, 2.05) is 31.2 Å². The van der Waals surface area contributed by atoms with Crippen molar-refractivity contribution in [2.24, 2.45) is 5.92 Å². The number of halogens is 1. The van der Waals surface area contributed by atoms with Crippen molar-refractivity contribution in [3.63, 3.8) is 0 Å². The van der Waals surface area contributed by atoms with E-state index >= 15 is 0 Å². The first-order valence-corrected chi connectivity index (χ1v) is 15.2. The fraction of sp³-hybridized carbons (Fsp3) is 0.500. The molecule has 0 aliphatic carbocycles. The molecule has 0 saturated carbocycles. The Kier molecular flexibility index (Phi) is 10.3. The Hall–Kier alpha value is -2.91. The Morgan fingerprint density at radius 2 is 1.73 bits per heavy atom. The number of benzene rings is 2. The average Bonchev–Trinajstić information content (AvgIpc) is 3.37. The van der Waals surface area contributed by atoms with Gasteiger partial charge in [0.15, 0.2) is 0 Å². The number of carbonyl (C=O) groups excluding carboxylic acids is 1. The van der Waals surface area contributed by atoms with E-state index in [2.05, 4.69) is 51.6 Å². The number of nitrogens with zero attached hydrogens (tertiary/aromatic N) is 3. The number of ether oxygens (including phenoxy) is 1. The number of morpholine rings is 1. The number of carbonyl (C=O) groups is 1. The van der Waals surface area contributed by atoms with Gasteiger partial charge in [-0.3, -0.25) is 9.69 Å². The van der Waals surface area contributed by atoms with Crippen molar-refractivity contribution >= 4 is 23.2 Å². The van der Waals surface area contributed by atoms with E-state index in [1.54, 1.807) is 0 Å². The average molecular weight is 580 g/mol. The minimum Gasteiger partial charge on any atom is -0.441 e. The van der Waals surface area contributed by atoms with Crippen LogP contribution in [-0.4, -0.2) is 68.3 Å². The maximum Gasteiger partial charge on any atom is 0.226 e. The summed E-state index contributed by atoms with van der Waals surface area (Å²) in [5.41, 5.74) is 4.41. The molecule has 0 bridgehead atoms. The number of oxazole rings is 1. The van der Waals surface area contributed by atoms with Crippen LogP contribution in [0.2, 0.25) is 5.02 Å². The normalized spacial score (nSPS) is 17.5. The number of amides is 1. The van der Waals surface area contributed by atoms with E-state index in [0.717, 1.165) is 88.8 Å². The summed E-state index contributed by atoms with van der Waals surface area (Å²) in [6.07, 6.45) is 2.63. The monoisotopic (exact) mass is 579 g/mol. The molecular weight excluding hydrogens is 538 g/mol. The third-order valence-corrected chi connectivity index (χ3v) is 8.44. The van der Waals surface area contributed by atoms with Crippen molar-refractivity contribution in [1.82, 2.24) is 20.5 Å². The Morgan fingerprint density at radius 1 is 1.02 bits per heavy atom. The van der Waals surface area contributed by atoms with E-state index in [9.17, 15) is 4.79 Å². The highest BCUT2D eigenvalue weighted by molar-refractivity contribution is 6.30. The molecule has 0 radical (unpaired) electrons. The smallest absolute Gasteiger partial charge is 0.226 e. The third kappa shape index (κ3) is 8.10. The lowest BCUT2D eigenvalue weighted by Gasteiger charge is -2.30. The Morgan fingerprint density at radius 3 is 2.44 bits per heavy atom. The summed E-state index contributed by atoms with van der Waals surface area (Å²) in [7, 11) is 0. The summed E-state index contributed by atoms with van der Waals surface area (Å²) in [5, 5.41) is 7.44. The van der Waals surface area contributed by atoms with Gasteiger partial charge in [0.05, 0.1) is 18.9 Å². The number of rotatable bonds is 11. The number of nitrogens with one attached hydrogen (secondary N) is 2. The molecule has 5 rings (SSSR count). The van der Waals surface area contributed by atoms with Crippen molar-refractivity contribution < 1.29 is 13.9 Å². The fourth-order valence-electron chi connectivity index (χ4n) is 5.53. The molecule has 0 spiro atoms. The highest BCUT2D eigenvalue weighted by Crippen LogP contribution is 2.26. The number of hydrogen-bond donors (Lipinski definition) is 2. The second kappa shape index (κ2) is 14.3. The largest absolute Gasteiger partial charge is 0.441 e. The molecule has 2 aliphatic heterocycles. The number of likely N-dealkylation sites (tertiary alicyclic amines) is 1. The molecule has 3 heterocycles. The molecule has 41 heavy (non-hydrogen) atoms. The highest BCUT2D eigenvalue weighted by atomic mass is 35.5. The van der Waals surface area contributed by atoms with Gasteiger partial charge in [-0.05, 0) is 94.7 Å². The zero-order chi connectivity index (χ0) is 28.6. The quantitative estimate of drug-likeness (QED) is 0.302. The van der Waals surface area contributed by atoms with Crippen LogP contribution in [0.15, 0.2) is 52.9 Å². The summed E-state index contributed by atoms with van der Waals surface area (Å²) >= 11 is 6.00. The van der Waals surface area contributed by atoms with E-state index < -0.39 is 0 Å². The van der Waals surface area contributed by atoms with Crippen molar-refractivity contribution in [2.45, 2.75) is 45.7 Å². The summed E-state index contributed by atoms with van der Waals surface area (Å²) < 4.78 is 11.4. The second-order valence-corrected chi connectivity index (χ2v) is 11.5. The zero-order valence-corrected chi connectivity index (χ0v) is 25.0. The summed E-state index contributed by atoms with van der Waals surface area (Å²) in [6, 6.07) is 16.6. The predicted molar refractivity (Wildman–Crippen MR) is 163 cm³/mol. The second-order valence-electron chi connectivity index (χ2n) is 11.1. The number of piperidine rings is 1. The highest BCUT2D eigenvalue weighted by Gasteiger charge is 2.26. The van der Waals surface area contributed by atoms with Gasteiger partial charge < -0.3 is 24.7 Å². The van der Waals surface area contributed by atoms with Crippen LogP contribution < -0.4 is 15.5 Å². The molecule has 2 N–H and O–H groups in total. The van der Waals surface area contributed by atoms with Crippen LogP contribution in [0.4, 0.5) is 5.69 Å². The van der Waals surface area contributed by atoms with Gasteiger partial charge in [-0.25, -0.2) is 4.98 Å². The lowest BCUT2D eigenvalue weighted by molar-refractivity contribution is -0.126. The van der Waals surface area contributed by atoms with Gasteiger partial charge in [0.25, 0.3) is 0 Å². The van der Waals surface area contributed by atoms with Crippen LogP contribution in [0.1, 0.15) is 49.2 Å². The Bertz CT molecular complexity index is 1250. The zero-order valence-electron chi connectivity index (χ0n) is 24.2. The van der Waals surface area contributed by atoms with Crippen molar-refractivity contribution in [2.75, 3.05) is 57.4 Å². The number of aromatic nitrogens is 1. The number of hydrogen-bond acceptors (Lipinski definition) is 7. The first kappa shape index (κ1) is 29.6. The first-order valence-electron chi connectivity index (χ1n) is 14.8. The molecule has 220 valence electrons. The van der Waals surface area contributed by atoms with E-state index in [4.69, 9.17) is 25.7 Å². The van der Waals surface area contributed by atoms with Crippen LogP contribution in [0.25, 0.3) is 11.5 Å². The lowest BCUT2D eigenvalue weighted by atomic mass is 9.95. The van der Waals surface area contributed by atoms with Crippen LogP contribution in [0.5, 0.6) is 0 Å². The summed E-state index contributed by atoms with van der Waals surface area (Å²) in [5.74, 6) is 1.71. The minimum absolute atomic E-state index is 0.0751. The van der Waals surface area contributed by atoms with Crippen molar-refractivity contribution in [3.05, 3.63) is 70.6 Å². The molecule has 2 aliphatic rings.